The third kappa shape index (κ3) is 3.25. The van der Waals surface area contributed by atoms with E-state index < -0.39 is 0 Å². The quantitative estimate of drug-likeness (QED) is 0.830. The lowest BCUT2D eigenvalue weighted by atomic mass is 9.85. The standard InChI is InChI=1S/C15H30N2O/c1-11-7-12(2)13(3)17(8-11)9-15(16-4)14-5-6-18-10-14/h11-16H,5-10H2,1-4H3. The van der Waals surface area contributed by atoms with Crippen molar-refractivity contribution in [2.45, 2.75) is 45.7 Å². The van der Waals surface area contributed by atoms with Crippen LogP contribution in [-0.2, 0) is 4.74 Å². The van der Waals surface area contributed by atoms with Crippen molar-refractivity contribution in [2.75, 3.05) is 33.4 Å². The molecule has 0 aromatic carbocycles. The lowest BCUT2D eigenvalue weighted by Crippen LogP contribution is -2.52. The zero-order chi connectivity index (χ0) is 13.1. The highest BCUT2D eigenvalue weighted by molar-refractivity contribution is 4.87. The highest BCUT2D eigenvalue weighted by Gasteiger charge is 2.32. The minimum Gasteiger partial charge on any atom is -0.381 e. The summed E-state index contributed by atoms with van der Waals surface area (Å²) in [7, 11) is 2.10. The number of rotatable bonds is 4. The second-order valence-electron chi connectivity index (χ2n) is 6.53. The minimum absolute atomic E-state index is 0.590. The molecule has 2 saturated heterocycles. The van der Waals surface area contributed by atoms with Gasteiger partial charge in [-0.05, 0) is 38.6 Å². The van der Waals surface area contributed by atoms with Gasteiger partial charge in [-0.15, -0.1) is 0 Å². The van der Waals surface area contributed by atoms with Crippen molar-refractivity contribution in [3.05, 3.63) is 0 Å². The lowest BCUT2D eigenvalue weighted by molar-refractivity contribution is 0.0619. The van der Waals surface area contributed by atoms with Crippen LogP contribution in [0.15, 0.2) is 0 Å². The third-order valence-electron chi connectivity index (χ3n) is 5.06. The fourth-order valence-electron chi connectivity index (χ4n) is 3.67. The van der Waals surface area contributed by atoms with Crippen LogP contribution in [0.1, 0.15) is 33.6 Å². The topological polar surface area (TPSA) is 24.5 Å². The maximum absolute atomic E-state index is 5.54. The van der Waals surface area contributed by atoms with Gasteiger partial charge in [0.25, 0.3) is 0 Å². The number of piperidine rings is 1. The molecule has 0 amide bonds. The Morgan fingerprint density at radius 2 is 2.11 bits per heavy atom. The average Bonchev–Trinajstić information content (AvgIpc) is 2.85. The molecule has 18 heavy (non-hydrogen) atoms. The molecule has 0 aromatic heterocycles. The first-order chi connectivity index (χ1) is 8.61. The van der Waals surface area contributed by atoms with Crippen molar-refractivity contribution in [2.24, 2.45) is 17.8 Å². The van der Waals surface area contributed by atoms with Gasteiger partial charge in [-0.25, -0.2) is 0 Å². The molecular weight excluding hydrogens is 224 g/mol. The van der Waals surface area contributed by atoms with E-state index in [1.165, 1.54) is 25.9 Å². The predicted octanol–water partition coefficient (Wildman–Crippen LogP) is 1.98. The molecule has 2 aliphatic rings. The van der Waals surface area contributed by atoms with Crippen molar-refractivity contribution in [1.29, 1.82) is 0 Å². The molecule has 0 bridgehead atoms. The summed E-state index contributed by atoms with van der Waals surface area (Å²) in [6.45, 7) is 11.5. The average molecular weight is 254 g/mol. The Labute approximate surface area is 112 Å². The van der Waals surface area contributed by atoms with Crippen LogP contribution < -0.4 is 5.32 Å². The molecule has 2 fully saturated rings. The van der Waals surface area contributed by atoms with Gasteiger partial charge >= 0.3 is 0 Å². The number of likely N-dealkylation sites (N-methyl/N-ethyl adjacent to an activating group) is 1. The van der Waals surface area contributed by atoms with Crippen LogP contribution in [0.2, 0.25) is 0 Å². The van der Waals surface area contributed by atoms with E-state index in [-0.39, 0.29) is 0 Å². The van der Waals surface area contributed by atoms with Gasteiger partial charge in [-0.2, -0.15) is 0 Å². The van der Waals surface area contributed by atoms with Crippen LogP contribution in [0.25, 0.3) is 0 Å². The van der Waals surface area contributed by atoms with Crippen LogP contribution in [0.3, 0.4) is 0 Å². The maximum atomic E-state index is 5.54. The third-order valence-corrected chi connectivity index (χ3v) is 5.06. The first-order valence-electron chi connectivity index (χ1n) is 7.60. The predicted molar refractivity (Wildman–Crippen MR) is 75.8 cm³/mol. The summed E-state index contributed by atoms with van der Waals surface area (Å²) >= 11 is 0. The number of hydrogen-bond donors (Lipinski definition) is 1. The van der Waals surface area contributed by atoms with Gasteiger partial charge in [0.1, 0.15) is 0 Å². The van der Waals surface area contributed by atoms with Crippen molar-refractivity contribution in [1.82, 2.24) is 10.2 Å². The van der Waals surface area contributed by atoms with Gasteiger partial charge in [0.15, 0.2) is 0 Å². The molecule has 3 nitrogen and oxygen atoms in total. The second kappa shape index (κ2) is 6.36. The zero-order valence-electron chi connectivity index (χ0n) is 12.5. The Balaban J connectivity index is 1.92. The Morgan fingerprint density at radius 3 is 2.72 bits per heavy atom. The van der Waals surface area contributed by atoms with Crippen molar-refractivity contribution < 1.29 is 4.74 Å². The number of nitrogens with zero attached hydrogens (tertiary/aromatic N) is 1. The van der Waals surface area contributed by atoms with E-state index in [4.69, 9.17) is 4.74 Å². The van der Waals surface area contributed by atoms with Crippen LogP contribution in [0.5, 0.6) is 0 Å². The van der Waals surface area contributed by atoms with Gasteiger partial charge in [-0.1, -0.05) is 13.8 Å². The first-order valence-corrected chi connectivity index (χ1v) is 7.60. The van der Waals surface area contributed by atoms with Crippen LogP contribution in [0, 0.1) is 17.8 Å². The van der Waals surface area contributed by atoms with Gasteiger partial charge in [0.2, 0.25) is 0 Å². The van der Waals surface area contributed by atoms with Gasteiger partial charge in [0.05, 0.1) is 6.61 Å². The van der Waals surface area contributed by atoms with Gasteiger partial charge in [0, 0.05) is 37.7 Å². The molecule has 0 radical (unpaired) electrons. The van der Waals surface area contributed by atoms with Crippen LogP contribution >= 0.6 is 0 Å². The minimum atomic E-state index is 0.590. The lowest BCUT2D eigenvalue weighted by Gasteiger charge is -2.43. The zero-order valence-corrected chi connectivity index (χ0v) is 12.5. The molecule has 2 rings (SSSR count). The molecule has 3 heteroatoms. The number of hydrogen-bond acceptors (Lipinski definition) is 3. The van der Waals surface area contributed by atoms with Gasteiger partial charge in [-0.3, -0.25) is 4.90 Å². The highest BCUT2D eigenvalue weighted by Crippen LogP contribution is 2.28. The summed E-state index contributed by atoms with van der Waals surface area (Å²) in [4.78, 5) is 2.69. The molecule has 106 valence electrons. The van der Waals surface area contributed by atoms with E-state index in [2.05, 4.69) is 38.0 Å². The smallest absolute Gasteiger partial charge is 0.0510 e. The summed E-state index contributed by atoms with van der Waals surface area (Å²) in [5.41, 5.74) is 0. The Morgan fingerprint density at radius 1 is 1.33 bits per heavy atom. The number of likely N-dealkylation sites (tertiary alicyclic amines) is 1. The summed E-state index contributed by atoms with van der Waals surface area (Å²) in [6.07, 6.45) is 2.60. The highest BCUT2D eigenvalue weighted by atomic mass is 16.5. The summed E-state index contributed by atoms with van der Waals surface area (Å²) in [6, 6.07) is 1.31. The molecule has 0 aromatic rings. The molecule has 0 saturated carbocycles. The van der Waals surface area contributed by atoms with Gasteiger partial charge < -0.3 is 10.1 Å². The molecule has 2 heterocycles. The second-order valence-corrected chi connectivity index (χ2v) is 6.53. The molecule has 0 aliphatic carbocycles. The van der Waals surface area contributed by atoms with Crippen molar-refractivity contribution >= 4 is 0 Å². The van der Waals surface area contributed by atoms with Crippen molar-refractivity contribution in [3.63, 3.8) is 0 Å². The van der Waals surface area contributed by atoms with E-state index in [0.29, 0.717) is 12.0 Å². The molecule has 5 unspecified atom stereocenters. The van der Waals surface area contributed by atoms with Crippen molar-refractivity contribution in [3.8, 4) is 0 Å². The SMILES string of the molecule is CNC(CN1CC(C)CC(C)C1C)C1CCOC1. The monoisotopic (exact) mass is 254 g/mol. The molecule has 2 aliphatic heterocycles. The van der Waals surface area contributed by atoms with E-state index in [1.807, 2.05) is 0 Å². The fraction of sp³-hybridized carbons (Fsp3) is 1.00. The fourth-order valence-corrected chi connectivity index (χ4v) is 3.67. The molecule has 1 N–H and O–H groups in total. The molecular formula is C15H30N2O. The summed E-state index contributed by atoms with van der Waals surface area (Å²) in [5, 5.41) is 3.52. The summed E-state index contributed by atoms with van der Waals surface area (Å²) < 4.78 is 5.54. The Hall–Kier alpha value is -0.120. The Kier molecular flexibility index (Phi) is 5.05. The Bertz CT molecular complexity index is 253. The number of nitrogens with one attached hydrogen (secondary N) is 1. The van der Waals surface area contributed by atoms with E-state index in [9.17, 15) is 0 Å². The normalized spacial score (nSPS) is 40.0. The molecule has 0 spiro atoms. The van der Waals surface area contributed by atoms with E-state index in [0.717, 1.165) is 31.1 Å². The van der Waals surface area contributed by atoms with E-state index >= 15 is 0 Å². The van der Waals surface area contributed by atoms with Crippen LogP contribution in [0.4, 0.5) is 0 Å². The maximum Gasteiger partial charge on any atom is 0.0510 e. The summed E-state index contributed by atoms with van der Waals surface area (Å²) in [5.74, 6) is 2.37. The van der Waals surface area contributed by atoms with Crippen LogP contribution in [-0.4, -0.2) is 50.3 Å². The molecule has 5 atom stereocenters. The van der Waals surface area contributed by atoms with E-state index in [1.54, 1.807) is 0 Å². The number of ether oxygens (including phenoxy) is 1. The largest absolute Gasteiger partial charge is 0.381 e. The first kappa shape index (κ1) is 14.3.